The Morgan fingerprint density at radius 1 is 1.04 bits per heavy atom. The number of benzene rings is 3. The Labute approximate surface area is 335 Å². The number of methoxy groups -OCH3 is 1. The fraction of sp³-hybridized carbons (Fsp3) is 0.478. The number of ether oxygens (including phenoxy) is 4. The third kappa shape index (κ3) is 9.21. The maximum absolute atomic E-state index is 14.7. The van der Waals surface area contributed by atoms with E-state index < -0.39 is 17.7 Å². The van der Waals surface area contributed by atoms with Gasteiger partial charge < -0.3 is 38.9 Å². The first-order chi connectivity index (χ1) is 27.8. The topological polar surface area (TPSA) is 119 Å². The quantitative estimate of drug-likeness (QED) is 0.0678. The van der Waals surface area contributed by atoms with E-state index in [1.54, 1.807) is 43.3 Å². The summed E-state index contributed by atoms with van der Waals surface area (Å²) in [5, 5.41) is 24.4. The third-order valence-corrected chi connectivity index (χ3v) is 11.7. The Kier molecular flexibility index (Phi) is 14.4. The van der Waals surface area contributed by atoms with Crippen molar-refractivity contribution in [3.63, 3.8) is 0 Å². The number of nitrogens with zero attached hydrogens (tertiary/aromatic N) is 2. The highest BCUT2D eigenvalue weighted by Gasteiger charge is 2.65. The number of halogens is 1. The number of hydrogen-bond donors (Lipinski definition) is 2. The molecule has 6 rings (SSSR count). The largest absolute Gasteiger partial charge is 0.497 e. The lowest BCUT2D eigenvalue weighted by atomic mass is 9.55. The molecule has 0 saturated heterocycles. The number of unbranched alkanes of at least 4 members (excludes halogenated alkanes) is 2. The summed E-state index contributed by atoms with van der Waals surface area (Å²) in [5.74, 6) is -0.455. The molecule has 57 heavy (non-hydrogen) atoms. The van der Waals surface area contributed by atoms with Crippen LogP contribution in [0.2, 0.25) is 0 Å². The fourth-order valence-corrected chi connectivity index (χ4v) is 8.99. The van der Waals surface area contributed by atoms with Gasteiger partial charge in [-0.3, -0.25) is 4.79 Å². The Hall–Kier alpha value is -4.71. The van der Waals surface area contributed by atoms with Crippen LogP contribution in [0.5, 0.6) is 17.2 Å². The average Bonchev–Trinajstić information content (AvgIpc) is 3.22. The molecule has 306 valence electrons. The molecule has 1 fully saturated rings. The van der Waals surface area contributed by atoms with Crippen molar-refractivity contribution in [2.75, 3.05) is 40.6 Å². The van der Waals surface area contributed by atoms with Gasteiger partial charge in [-0.1, -0.05) is 60.5 Å². The summed E-state index contributed by atoms with van der Waals surface area (Å²) < 4.78 is 40.5. The molecule has 0 radical (unpaired) electrons. The molecule has 1 amide bonds. The second kappa shape index (κ2) is 19.6. The van der Waals surface area contributed by atoms with Gasteiger partial charge in [0, 0.05) is 43.7 Å². The number of rotatable bonds is 20. The van der Waals surface area contributed by atoms with E-state index >= 15 is 0 Å². The van der Waals surface area contributed by atoms with E-state index in [0.29, 0.717) is 48.7 Å². The van der Waals surface area contributed by atoms with Gasteiger partial charge in [-0.25, -0.2) is 4.39 Å². The number of fused-ring (bicyclic) bond motifs is 2. The van der Waals surface area contributed by atoms with Crippen LogP contribution in [-0.4, -0.2) is 79.1 Å². The first-order valence-corrected chi connectivity index (χ1v) is 20.2. The van der Waals surface area contributed by atoms with Gasteiger partial charge in [-0.2, -0.15) is 0 Å². The van der Waals surface area contributed by atoms with Crippen molar-refractivity contribution < 1.29 is 43.2 Å². The highest BCUT2D eigenvalue weighted by Crippen LogP contribution is 2.61. The number of carbonyl (C=O) groups excluding carboxylic acids is 1. The van der Waals surface area contributed by atoms with Crippen molar-refractivity contribution in [1.82, 2.24) is 4.90 Å². The Morgan fingerprint density at radius 2 is 1.82 bits per heavy atom. The van der Waals surface area contributed by atoms with Gasteiger partial charge in [0.1, 0.15) is 42.3 Å². The standard InChI is InChI=1S/C46H57FN2O8/c1-5-24-55-46-42(49(3)43(52)26-31-14-13-17-34(25-31)53-4)29-40(48-56-6-2)37-27-32(15-9-11-22-50)36(18-10-12-23-51)44(45(37)46)38-28-35(20-21-41(38)57-46)54-30-33-16-7-8-19-39(33)47/h5,7-8,13-14,16-17,19-21,25,27-28,32,36,42,44-45,50-51H,1,6,9-12,15,18,22-24,26,29-30H2,2-4H3. The van der Waals surface area contributed by atoms with Crippen molar-refractivity contribution in [3.05, 3.63) is 114 Å². The van der Waals surface area contributed by atoms with Crippen LogP contribution in [-0.2, 0) is 27.4 Å². The number of hydrogen-bond acceptors (Lipinski definition) is 9. The molecule has 11 heteroatoms. The summed E-state index contributed by atoms with van der Waals surface area (Å²) in [4.78, 5) is 21.9. The molecule has 0 bridgehead atoms. The van der Waals surface area contributed by atoms with Crippen molar-refractivity contribution in [2.24, 2.45) is 22.9 Å². The summed E-state index contributed by atoms with van der Waals surface area (Å²) >= 11 is 0. The summed E-state index contributed by atoms with van der Waals surface area (Å²) in [6.45, 7) is 6.66. The van der Waals surface area contributed by atoms with E-state index in [9.17, 15) is 19.4 Å². The SMILES string of the molecule is C=CCOC12Oc3ccc(OCc4ccccc4F)cc3C3C(CCCCO)C(CCCCO)C=C(C(=NOCC)CC1N(C)C(=O)Cc1cccc(OC)c1)C32. The third-order valence-electron chi connectivity index (χ3n) is 11.7. The minimum atomic E-state index is -1.36. The Bertz CT molecular complexity index is 1900. The molecule has 0 spiro atoms. The number of oxime groups is 1. The van der Waals surface area contributed by atoms with Crippen LogP contribution in [0.4, 0.5) is 4.39 Å². The molecular formula is C46H57FN2O8. The number of likely N-dealkylation sites (N-methyl/N-ethyl adjacent to an activating group) is 1. The first-order valence-electron chi connectivity index (χ1n) is 20.2. The monoisotopic (exact) mass is 784 g/mol. The zero-order valence-electron chi connectivity index (χ0n) is 33.4. The van der Waals surface area contributed by atoms with Crippen LogP contribution in [0.15, 0.2) is 96.2 Å². The lowest BCUT2D eigenvalue weighted by Gasteiger charge is -2.59. The predicted octanol–water partition coefficient (Wildman–Crippen LogP) is 7.77. The van der Waals surface area contributed by atoms with E-state index in [1.807, 2.05) is 49.4 Å². The van der Waals surface area contributed by atoms with E-state index in [0.717, 1.165) is 48.1 Å². The molecule has 3 aliphatic rings. The summed E-state index contributed by atoms with van der Waals surface area (Å²) in [7, 11) is 3.40. The number of amides is 1. The van der Waals surface area contributed by atoms with Crippen molar-refractivity contribution in [1.29, 1.82) is 0 Å². The number of aliphatic hydroxyl groups is 2. The van der Waals surface area contributed by atoms with E-state index in [2.05, 4.69) is 12.7 Å². The van der Waals surface area contributed by atoms with Gasteiger partial charge in [0.25, 0.3) is 0 Å². The lowest BCUT2D eigenvalue weighted by molar-refractivity contribution is -0.255. The van der Waals surface area contributed by atoms with Crippen LogP contribution in [0, 0.1) is 23.6 Å². The molecule has 3 aromatic carbocycles. The first kappa shape index (κ1) is 41.9. The second-order valence-electron chi connectivity index (χ2n) is 15.1. The number of aliphatic hydroxyl groups excluding tert-OH is 2. The molecule has 1 aliphatic heterocycles. The minimum Gasteiger partial charge on any atom is -0.497 e. The predicted molar refractivity (Wildman–Crippen MR) is 217 cm³/mol. The van der Waals surface area contributed by atoms with Crippen LogP contribution >= 0.6 is 0 Å². The molecule has 1 heterocycles. The minimum absolute atomic E-state index is 0.0507. The summed E-state index contributed by atoms with van der Waals surface area (Å²) in [5.41, 5.74) is 3.88. The molecule has 1 saturated carbocycles. The van der Waals surface area contributed by atoms with E-state index in [1.165, 1.54) is 6.07 Å². The second-order valence-corrected chi connectivity index (χ2v) is 15.1. The number of carbonyl (C=O) groups is 1. The number of allylic oxidation sites excluding steroid dienone is 1. The molecule has 6 unspecified atom stereocenters. The molecule has 10 nitrogen and oxygen atoms in total. The molecule has 3 aromatic rings. The zero-order valence-corrected chi connectivity index (χ0v) is 33.4. The lowest BCUT2D eigenvalue weighted by Crippen LogP contribution is -2.69. The summed E-state index contributed by atoms with van der Waals surface area (Å²) in [6, 6.07) is 19.2. The molecule has 2 aliphatic carbocycles. The van der Waals surface area contributed by atoms with Crippen molar-refractivity contribution >= 4 is 11.6 Å². The van der Waals surface area contributed by atoms with Crippen molar-refractivity contribution in [3.8, 4) is 17.2 Å². The molecule has 2 N–H and O–H groups in total. The molecule has 6 atom stereocenters. The van der Waals surface area contributed by atoms with Gasteiger partial charge in [-0.05, 0) is 92.0 Å². The van der Waals surface area contributed by atoms with Crippen LogP contribution in [0.1, 0.15) is 74.5 Å². The fourth-order valence-electron chi connectivity index (χ4n) is 8.99. The van der Waals surface area contributed by atoms with Crippen LogP contribution in [0.3, 0.4) is 0 Å². The smallest absolute Gasteiger partial charge is 0.239 e. The van der Waals surface area contributed by atoms with Gasteiger partial charge in [0.15, 0.2) is 0 Å². The highest BCUT2D eigenvalue weighted by molar-refractivity contribution is 6.03. The van der Waals surface area contributed by atoms with Gasteiger partial charge in [-0.15, -0.1) is 6.58 Å². The Balaban J connectivity index is 1.51. The summed E-state index contributed by atoms with van der Waals surface area (Å²) in [6.07, 6.45) is 9.05. The van der Waals surface area contributed by atoms with Gasteiger partial charge in [0.05, 0.1) is 31.8 Å². The van der Waals surface area contributed by atoms with Gasteiger partial charge >= 0.3 is 0 Å². The molecular weight excluding hydrogens is 728 g/mol. The van der Waals surface area contributed by atoms with E-state index in [4.69, 9.17) is 28.9 Å². The highest BCUT2D eigenvalue weighted by atomic mass is 19.1. The maximum atomic E-state index is 14.7. The zero-order chi connectivity index (χ0) is 40.4. The maximum Gasteiger partial charge on any atom is 0.239 e. The van der Waals surface area contributed by atoms with E-state index in [-0.39, 0.29) is 62.3 Å². The van der Waals surface area contributed by atoms with Crippen LogP contribution in [0.25, 0.3) is 0 Å². The molecule has 0 aromatic heterocycles. The van der Waals surface area contributed by atoms with Gasteiger partial charge in [0.2, 0.25) is 11.7 Å². The average molecular weight is 785 g/mol. The van der Waals surface area contributed by atoms with Crippen LogP contribution < -0.4 is 14.2 Å². The Morgan fingerprint density at radius 3 is 2.56 bits per heavy atom. The van der Waals surface area contributed by atoms with Crippen molar-refractivity contribution in [2.45, 2.75) is 82.6 Å². The normalized spacial score (nSPS) is 24.1.